The molecular weight excluding hydrogens is 272 g/mol. The minimum Gasteiger partial charge on any atom is -0.178 e. The fraction of sp³-hybridized carbons (Fsp3) is 0.308. The summed E-state index contributed by atoms with van der Waals surface area (Å²) in [5, 5.41) is 4.75. The van der Waals surface area contributed by atoms with E-state index in [1.54, 1.807) is 6.07 Å². The maximum atomic E-state index is 12.5. The molecule has 1 heterocycles. The molecule has 0 aliphatic rings. The van der Waals surface area contributed by atoms with E-state index in [4.69, 9.17) is 0 Å². The summed E-state index contributed by atoms with van der Waals surface area (Å²) in [5.74, 6) is 0. The van der Waals surface area contributed by atoms with Crippen molar-refractivity contribution >= 4 is 12.6 Å². The second kappa shape index (κ2) is 4.64. The Hall–Kier alpha value is -1.35. The number of hydrogen-bond acceptors (Lipinski definition) is 1. The number of aromatic nitrogens is 2. The first kappa shape index (κ1) is 14.1. The summed E-state index contributed by atoms with van der Waals surface area (Å²) < 4.78 is 37.5. The quantitative estimate of drug-likeness (QED) is 0.772. The minimum atomic E-state index is -4.47. The van der Waals surface area contributed by atoms with Crippen molar-refractivity contribution < 1.29 is 13.2 Å². The largest absolute Gasteiger partial charge is 0.504 e. The molecule has 0 amide bonds. The van der Waals surface area contributed by atoms with Crippen LogP contribution in [-0.4, -0.2) is 29.8 Å². The molecule has 0 saturated carbocycles. The summed E-state index contributed by atoms with van der Waals surface area (Å²) in [5.41, 5.74) is 1.06. The van der Waals surface area contributed by atoms with Crippen molar-refractivity contribution in [1.29, 1.82) is 0 Å². The zero-order valence-corrected chi connectivity index (χ0v) is 11.8. The molecule has 0 spiro atoms. The number of halogens is 3. The molecule has 0 saturated heterocycles. The highest BCUT2D eigenvalue weighted by Crippen LogP contribution is 2.45. The molecule has 0 unspecified atom stereocenters. The molecule has 2 rings (SSSR count). The van der Waals surface area contributed by atoms with Gasteiger partial charge in [-0.15, -0.1) is 13.2 Å². The van der Waals surface area contributed by atoms with E-state index in [1.165, 1.54) is 11.4 Å². The lowest BCUT2D eigenvalue weighted by Gasteiger charge is -2.12. The SMILES string of the molecule is C[P+](C)(C)c1cccc(-c2ccn(C(F)(F)F)n2)c1. The summed E-state index contributed by atoms with van der Waals surface area (Å²) >= 11 is 0. The van der Waals surface area contributed by atoms with E-state index in [0.29, 0.717) is 5.69 Å². The Morgan fingerprint density at radius 2 is 1.79 bits per heavy atom. The average Bonchev–Trinajstić information content (AvgIpc) is 2.77. The van der Waals surface area contributed by atoms with Crippen molar-refractivity contribution in [2.75, 3.05) is 20.0 Å². The van der Waals surface area contributed by atoms with Crippen LogP contribution in [0.1, 0.15) is 0 Å². The molecule has 102 valence electrons. The highest BCUT2D eigenvalue weighted by atomic mass is 31.2. The van der Waals surface area contributed by atoms with Crippen LogP contribution in [0.2, 0.25) is 0 Å². The van der Waals surface area contributed by atoms with E-state index in [0.717, 1.165) is 11.8 Å². The van der Waals surface area contributed by atoms with Crippen LogP contribution in [0.4, 0.5) is 13.2 Å². The number of alkyl halides is 3. The second-order valence-electron chi connectivity index (χ2n) is 5.18. The first-order valence-corrected chi connectivity index (χ1v) is 8.86. The molecule has 2 nitrogen and oxygen atoms in total. The maximum absolute atomic E-state index is 12.5. The van der Waals surface area contributed by atoms with Gasteiger partial charge in [0.2, 0.25) is 0 Å². The number of hydrogen-bond donors (Lipinski definition) is 0. The van der Waals surface area contributed by atoms with Gasteiger partial charge in [0.05, 0.1) is 31.0 Å². The van der Waals surface area contributed by atoms with Crippen LogP contribution in [0.25, 0.3) is 11.3 Å². The van der Waals surface area contributed by atoms with E-state index < -0.39 is 13.6 Å². The smallest absolute Gasteiger partial charge is 0.178 e. The van der Waals surface area contributed by atoms with Gasteiger partial charge < -0.3 is 0 Å². The Kier molecular flexibility index (Phi) is 3.43. The molecule has 2 aromatic rings. The van der Waals surface area contributed by atoms with Gasteiger partial charge in [0.15, 0.2) is 0 Å². The van der Waals surface area contributed by atoms with Crippen LogP contribution in [0.15, 0.2) is 36.5 Å². The van der Waals surface area contributed by atoms with Crippen LogP contribution in [-0.2, 0) is 6.30 Å². The van der Waals surface area contributed by atoms with Crippen LogP contribution in [0, 0.1) is 0 Å². The van der Waals surface area contributed by atoms with E-state index >= 15 is 0 Å². The van der Waals surface area contributed by atoms with Gasteiger partial charge >= 0.3 is 6.30 Å². The summed E-state index contributed by atoms with van der Waals surface area (Å²) in [7, 11) is -1.20. The van der Waals surface area contributed by atoms with E-state index in [9.17, 15) is 13.2 Å². The molecule has 1 aromatic carbocycles. The van der Waals surface area contributed by atoms with E-state index in [2.05, 4.69) is 25.1 Å². The molecule has 6 heteroatoms. The van der Waals surface area contributed by atoms with Crippen LogP contribution < -0.4 is 5.30 Å². The molecule has 19 heavy (non-hydrogen) atoms. The summed E-state index contributed by atoms with van der Waals surface area (Å²) in [6.07, 6.45) is -3.53. The lowest BCUT2D eigenvalue weighted by atomic mass is 10.2. The number of rotatable bonds is 2. The summed E-state index contributed by atoms with van der Waals surface area (Å²) in [6, 6.07) is 8.97. The zero-order chi connectivity index (χ0) is 14.3. The Labute approximate surface area is 110 Å². The Balaban J connectivity index is 2.40. The Morgan fingerprint density at radius 1 is 1.11 bits per heavy atom. The van der Waals surface area contributed by atoms with Gasteiger partial charge in [-0.3, -0.25) is 0 Å². The third-order valence-corrected chi connectivity index (χ3v) is 4.59. The standard InChI is InChI=1S/C13H15F3N2P/c1-19(2,3)11-6-4-5-10(9-11)12-7-8-18(17-12)13(14,15)16/h4-9H,1-3H3/q+1. The fourth-order valence-corrected chi connectivity index (χ4v) is 2.76. The predicted octanol–water partition coefficient (Wildman–Crippen LogP) is 3.56. The minimum absolute atomic E-state index is 0.0290. The van der Waals surface area contributed by atoms with Crippen molar-refractivity contribution in [2.24, 2.45) is 0 Å². The molecule has 0 fully saturated rings. The normalized spacial score (nSPS) is 12.7. The van der Waals surface area contributed by atoms with Gasteiger partial charge in [-0.25, -0.2) is 0 Å². The van der Waals surface area contributed by atoms with Crippen molar-refractivity contribution in [3.8, 4) is 11.3 Å². The third kappa shape index (κ3) is 3.16. The molecule has 0 aliphatic carbocycles. The second-order valence-corrected chi connectivity index (χ2v) is 9.72. The third-order valence-electron chi connectivity index (χ3n) is 2.77. The molecule has 0 radical (unpaired) electrons. The van der Waals surface area contributed by atoms with Gasteiger partial charge in [0, 0.05) is 19.0 Å². The lowest BCUT2D eigenvalue weighted by Crippen LogP contribution is -2.17. The average molecular weight is 287 g/mol. The van der Waals surface area contributed by atoms with Gasteiger partial charge in [-0.2, -0.15) is 9.78 Å². The predicted molar refractivity (Wildman–Crippen MR) is 73.3 cm³/mol. The maximum Gasteiger partial charge on any atom is 0.504 e. The number of benzene rings is 1. The Morgan fingerprint density at radius 3 is 2.32 bits per heavy atom. The van der Waals surface area contributed by atoms with E-state index in [1.807, 2.05) is 18.2 Å². The topological polar surface area (TPSA) is 17.8 Å². The molecule has 0 aliphatic heterocycles. The van der Waals surface area contributed by atoms with Crippen LogP contribution in [0.3, 0.4) is 0 Å². The monoisotopic (exact) mass is 287 g/mol. The zero-order valence-electron chi connectivity index (χ0n) is 10.9. The molecule has 0 bridgehead atoms. The van der Waals surface area contributed by atoms with Gasteiger partial charge in [-0.05, 0) is 18.2 Å². The molecule has 0 atom stereocenters. The van der Waals surface area contributed by atoms with Crippen molar-refractivity contribution in [1.82, 2.24) is 9.78 Å². The molecular formula is C13H15F3N2P+. The fourth-order valence-electron chi connectivity index (χ4n) is 1.70. The highest BCUT2D eigenvalue weighted by molar-refractivity contribution is 7.80. The van der Waals surface area contributed by atoms with Gasteiger partial charge in [0.25, 0.3) is 0 Å². The first-order chi connectivity index (χ1) is 8.68. The van der Waals surface area contributed by atoms with Crippen LogP contribution >= 0.6 is 7.26 Å². The van der Waals surface area contributed by atoms with Crippen molar-refractivity contribution in [2.45, 2.75) is 6.30 Å². The van der Waals surface area contributed by atoms with Gasteiger partial charge in [-0.1, -0.05) is 12.1 Å². The van der Waals surface area contributed by atoms with Crippen LogP contribution in [0.5, 0.6) is 0 Å². The summed E-state index contributed by atoms with van der Waals surface area (Å²) in [4.78, 5) is 0. The highest BCUT2D eigenvalue weighted by Gasteiger charge is 2.31. The molecule has 1 aromatic heterocycles. The Bertz CT molecular complexity index is 582. The van der Waals surface area contributed by atoms with Crippen molar-refractivity contribution in [3.63, 3.8) is 0 Å². The lowest BCUT2D eigenvalue weighted by molar-refractivity contribution is -0.212. The van der Waals surface area contributed by atoms with Crippen molar-refractivity contribution in [3.05, 3.63) is 36.5 Å². The molecule has 0 N–H and O–H groups in total. The first-order valence-electron chi connectivity index (χ1n) is 5.73. The summed E-state index contributed by atoms with van der Waals surface area (Å²) in [6.45, 7) is 6.50. The van der Waals surface area contributed by atoms with Gasteiger partial charge in [0.1, 0.15) is 0 Å². The van der Waals surface area contributed by atoms with E-state index in [-0.39, 0.29) is 4.68 Å². The number of nitrogens with zero attached hydrogens (tertiary/aromatic N) is 2.